The van der Waals surface area contributed by atoms with E-state index in [0.29, 0.717) is 24.0 Å². The lowest BCUT2D eigenvalue weighted by atomic mass is 10.1. The Morgan fingerprint density at radius 3 is 2.43 bits per heavy atom. The SMILES string of the molecule is Cc1cc(C(=O)O)cc(S(=O)(=O)NCCCCCO)c1C. The molecule has 118 valence electrons. The highest BCUT2D eigenvalue weighted by Gasteiger charge is 2.20. The fourth-order valence-electron chi connectivity index (χ4n) is 1.93. The third-order valence-electron chi connectivity index (χ3n) is 3.28. The number of aliphatic hydroxyl groups is 1. The molecule has 0 aromatic heterocycles. The Labute approximate surface area is 124 Å². The van der Waals surface area contributed by atoms with Crippen LogP contribution in [0.25, 0.3) is 0 Å². The molecular weight excluding hydrogens is 294 g/mol. The van der Waals surface area contributed by atoms with E-state index in [1.54, 1.807) is 13.8 Å². The highest BCUT2D eigenvalue weighted by molar-refractivity contribution is 7.89. The number of carboxylic acid groups (broad SMARTS) is 1. The smallest absolute Gasteiger partial charge is 0.335 e. The van der Waals surface area contributed by atoms with Gasteiger partial charge in [-0.3, -0.25) is 0 Å². The molecule has 0 bridgehead atoms. The summed E-state index contributed by atoms with van der Waals surface area (Å²) in [4.78, 5) is 11.0. The lowest BCUT2D eigenvalue weighted by Crippen LogP contribution is -2.26. The molecule has 6 nitrogen and oxygen atoms in total. The number of aliphatic hydroxyl groups excluding tert-OH is 1. The van der Waals surface area contributed by atoms with Gasteiger partial charge >= 0.3 is 5.97 Å². The molecule has 0 aliphatic carbocycles. The third kappa shape index (κ3) is 4.80. The van der Waals surface area contributed by atoms with E-state index in [1.165, 1.54) is 12.1 Å². The second-order valence-electron chi connectivity index (χ2n) is 4.90. The zero-order valence-corrected chi connectivity index (χ0v) is 13.0. The summed E-state index contributed by atoms with van der Waals surface area (Å²) in [5.41, 5.74) is 1.12. The van der Waals surface area contributed by atoms with Gasteiger partial charge in [0.25, 0.3) is 0 Å². The molecule has 0 fully saturated rings. The number of rotatable bonds is 8. The van der Waals surface area contributed by atoms with Crippen molar-refractivity contribution in [1.82, 2.24) is 4.72 Å². The third-order valence-corrected chi connectivity index (χ3v) is 4.87. The van der Waals surface area contributed by atoms with E-state index in [9.17, 15) is 13.2 Å². The zero-order valence-electron chi connectivity index (χ0n) is 12.2. The topological polar surface area (TPSA) is 104 Å². The highest BCUT2D eigenvalue weighted by Crippen LogP contribution is 2.21. The van der Waals surface area contributed by atoms with Gasteiger partial charge in [0.2, 0.25) is 10.0 Å². The molecule has 21 heavy (non-hydrogen) atoms. The molecule has 1 rings (SSSR count). The van der Waals surface area contributed by atoms with Gasteiger partial charge in [-0.05, 0) is 56.4 Å². The first-order valence-electron chi connectivity index (χ1n) is 6.74. The standard InChI is InChI=1S/C14H21NO5S/c1-10-8-12(14(17)18)9-13(11(10)2)21(19,20)15-6-4-3-5-7-16/h8-9,15-16H,3-7H2,1-2H3,(H,17,18). The van der Waals surface area contributed by atoms with E-state index in [-0.39, 0.29) is 23.6 Å². The van der Waals surface area contributed by atoms with Crippen molar-refractivity contribution < 1.29 is 23.4 Å². The van der Waals surface area contributed by atoms with Crippen molar-refractivity contribution in [2.75, 3.05) is 13.2 Å². The van der Waals surface area contributed by atoms with Crippen LogP contribution in [-0.4, -0.2) is 37.8 Å². The van der Waals surface area contributed by atoms with Crippen LogP contribution in [0.5, 0.6) is 0 Å². The average molecular weight is 315 g/mol. The Bertz CT molecular complexity index is 610. The molecule has 7 heteroatoms. The number of sulfonamides is 1. The largest absolute Gasteiger partial charge is 0.478 e. The van der Waals surface area contributed by atoms with Crippen molar-refractivity contribution in [3.8, 4) is 0 Å². The number of hydrogen-bond acceptors (Lipinski definition) is 4. The number of benzene rings is 1. The normalized spacial score (nSPS) is 11.6. The summed E-state index contributed by atoms with van der Waals surface area (Å²) in [6, 6.07) is 2.64. The molecule has 0 heterocycles. The van der Waals surface area contributed by atoms with Crippen LogP contribution in [0.2, 0.25) is 0 Å². The molecular formula is C14H21NO5S. The Morgan fingerprint density at radius 2 is 1.86 bits per heavy atom. The fourth-order valence-corrected chi connectivity index (χ4v) is 3.34. The van der Waals surface area contributed by atoms with E-state index in [4.69, 9.17) is 10.2 Å². The monoisotopic (exact) mass is 315 g/mol. The van der Waals surface area contributed by atoms with Crippen LogP contribution in [-0.2, 0) is 10.0 Å². The number of hydrogen-bond donors (Lipinski definition) is 3. The van der Waals surface area contributed by atoms with E-state index >= 15 is 0 Å². The van der Waals surface area contributed by atoms with Crippen LogP contribution in [0, 0.1) is 13.8 Å². The summed E-state index contributed by atoms with van der Waals surface area (Å²) in [5, 5.41) is 17.7. The second kappa shape index (κ2) is 7.53. The van der Waals surface area contributed by atoms with Gasteiger partial charge < -0.3 is 10.2 Å². The van der Waals surface area contributed by atoms with Crippen LogP contribution in [0.15, 0.2) is 17.0 Å². The van der Waals surface area contributed by atoms with Gasteiger partial charge in [-0.1, -0.05) is 0 Å². The number of nitrogens with one attached hydrogen (secondary N) is 1. The van der Waals surface area contributed by atoms with Gasteiger partial charge in [-0.15, -0.1) is 0 Å². The van der Waals surface area contributed by atoms with Crippen LogP contribution < -0.4 is 4.72 Å². The van der Waals surface area contributed by atoms with Crippen molar-refractivity contribution in [3.63, 3.8) is 0 Å². The second-order valence-corrected chi connectivity index (χ2v) is 6.64. The first-order valence-corrected chi connectivity index (χ1v) is 8.23. The van der Waals surface area contributed by atoms with Gasteiger partial charge in [-0.2, -0.15) is 0 Å². The number of carboxylic acids is 1. The van der Waals surface area contributed by atoms with E-state index < -0.39 is 16.0 Å². The molecule has 3 N–H and O–H groups in total. The summed E-state index contributed by atoms with van der Waals surface area (Å²) in [6.07, 6.45) is 1.98. The average Bonchev–Trinajstić information content (AvgIpc) is 2.40. The number of aryl methyl sites for hydroxylation is 1. The molecule has 0 atom stereocenters. The fraction of sp³-hybridized carbons (Fsp3) is 0.500. The van der Waals surface area contributed by atoms with Gasteiger partial charge in [-0.25, -0.2) is 17.9 Å². The first kappa shape index (κ1) is 17.6. The number of carbonyl (C=O) groups is 1. The molecule has 0 spiro atoms. The van der Waals surface area contributed by atoms with Crippen LogP contribution in [0.3, 0.4) is 0 Å². The lowest BCUT2D eigenvalue weighted by Gasteiger charge is -2.12. The highest BCUT2D eigenvalue weighted by atomic mass is 32.2. The number of unbranched alkanes of at least 4 members (excludes halogenated alkanes) is 2. The predicted molar refractivity (Wildman–Crippen MR) is 79.0 cm³/mol. The summed E-state index contributed by atoms with van der Waals surface area (Å²) in [5.74, 6) is -1.16. The van der Waals surface area contributed by atoms with Crippen molar-refractivity contribution in [3.05, 3.63) is 28.8 Å². The molecule has 0 saturated carbocycles. The van der Waals surface area contributed by atoms with Crippen molar-refractivity contribution in [1.29, 1.82) is 0 Å². The minimum Gasteiger partial charge on any atom is -0.478 e. The van der Waals surface area contributed by atoms with Crippen LogP contribution >= 0.6 is 0 Å². The Kier molecular flexibility index (Phi) is 6.32. The Hall–Kier alpha value is -1.44. The van der Waals surface area contributed by atoms with Gasteiger partial charge in [0.05, 0.1) is 10.5 Å². The summed E-state index contributed by atoms with van der Waals surface area (Å²) in [7, 11) is -3.73. The summed E-state index contributed by atoms with van der Waals surface area (Å²) < 4.78 is 27.0. The van der Waals surface area contributed by atoms with E-state index in [0.717, 1.165) is 6.42 Å². The van der Waals surface area contributed by atoms with Crippen LogP contribution in [0.1, 0.15) is 40.7 Å². The molecule has 0 unspecified atom stereocenters. The molecule has 0 aliphatic heterocycles. The quantitative estimate of drug-likeness (QED) is 0.630. The molecule has 0 radical (unpaired) electrons. The Balaban J connectivity index is 2.94. The van der Waals surface area contributed by atoms with Gasteiger partial charge in [0, 0.05) is 13.2 Å². The first-order chi connectivity index (χ1) is 9.79. The summed E-state index contributed by atoms with van der Waals surface area (Å²) >= 11 is 0. The summed E-state index contributed by atoms with van der Waals surface area (Å²) in [6.45, 7) is 3.69. The molecule has 0 amide bonds. The maximum Gasteiger partial charge on any atom is 0.335 e. The minimum absolute atomic E-state index is 0.00191. The lowest BCUT2D eigenvalue weighted by molar-refractivity contribution is 0.0696. The van der Waals surface area contributed by atoms with Crippen LogP contribution in [0.4, 0.5) is 0 Å². The molecule has 0 aliphatic rings. The minimum atomic E-state index is -3.73. The predicted octanol–water partition coefficient (Wildman–Crippen LogP) is 1.44. The van der Waals surface area contributed by atoms with E-state index in [1.807, 2.05) is 0 Å². The van der Waals surface area contributed by atoms with Crippen molar-refractivity contribution >= 4 is 16.0 Å². The van der Waals surface area contributed by atoms with Gasteiger partial charge in [0.1, 0.15) is 0 Å². The van der Waals surface area contributed by atoms with Crippen molar-refractivity contribution in [2.24, 2.45) is 0 Å². The molecule has 1 aromatic carbocycles. The van der Waals surface area contributed by atoms with E-state index in [2.05, 4.69) is 4.72 Å². The van der Waals surface area contributed by atoms with Crippen molar-refractivity contribution in [2.45, 2.75) is 38.0 Å². The Morgan fingerprint density at radius 1 is 1.19 bits per heavy atom. The maximum atomic E-state index is 12.3. The zero-order chi connectivity index (χ0) is 16.0. The molecule has 1 aromatic rings. The maximum absolute atomic E-state index is 12.3. The molecule has 0 saturated heterocycles. The number of aromatic carboxylic acids is 1. The van der Waals surface area contributed by atoms with Gasteiger partial charge in [0.15, 0.2) is 0 Å².